The van der Waals surface area contributed by atoms with Gasteiger partial charge in [-0.2, -0.15) is 0 Å². The Morgan fingerprint density at radius 2 is 2.25 bits per heavy atom. The fourth-order valence-electron chi connectivity index (χ4n) is 1.79. The van der Waals surface area contributed by atoms with E-state index in [2.05, 4.69) is 0 Å². The Balaban J connectivity index is 2.41. The van der Waals surface area contributed by atoms with Crippen LogP contribution in [-0.2, 0) is 11.3 Å². The number of carboxylic acid groups (broad SMARTS) is 1. The van der Waals surface area contributed by atoms with Crippen LogP contribution in [0.3, 0.4) is 0 Å². The van der Waals surface area contributed by atoms with Gasteiger partial charge in [0.15, 0.2) is 0 Å². The second-order valence-corrected chi connectivity index (χ2v) is 3.55. The van der Waals surface area contributed by atoms with E-state index in [-0.39, 0.29) is 6.42 Å². The third kappa shape index (κ3) is 1.86. The predicted octanol–water partition coefficient (Wildman–Crippen LogP) is 2.12. The molecule has 0 bridgehead atoms. The number of aryl methyl sites for hydroxylation is 1. The highest BCUT2D eigenvalue weighted by Crippen LogP contribution is 2.26. The Hall–Kier alpha value is -1.97. The van der Waals surface area contributed by atoms with Crippen LogP contribution in [0.2, 0.25) is 0 Å². The van der Waals surface area contributed by atoms with Crippen molar-refractivity contribution in [1.82, 2.24) is 4.57 Å². The third-order valence-corrected chi connectivity index (χ3v) is 2.54. The molecular weight excluding hydrogens is 206 g/mol. The Bertz CT molecular complexity index is 516. The van der Waals surface area contributed by atoms with Crippen molar-refractivity contribution in [3.63, 3.8) is 0 Å². The molecule has 1 heterocycles. The van der Waals surface area contributed by atoms with Gasteiger partial charge in [-0.15, -0.1) is 0 Å². The van der Waals surface area contributed by atoms with Crippen molar-refractivity contribution in [2.24, 2.45) is 0 Å². The van der Waals surface area contributed by atoms with Gasteiger partial charge in [-0.1, -0.05) is 12.1 Å². The molecule has 0 unspecified atom stereocenters. The highest BCUT2D eigenvalue weighted by Gasteiger charge is 2.07. The van der Waals surface area contributed by atoms with Crippen LogP contribution in [0.15, 0.2) is 30.5 Å². The minimum absolute atomic E-state index is 0.113. The van der Waals surface area contributed by atoms with Gasteiger partial charge in [-0.05, 0) is 12.1 Å². The van der Waals surface area contributed by atoms with Gasteiger partial charge in [-0.25, -0.2) is 0 Å². The zero-order valence-electron chi connectivity index (χ0n) is 9.01. The topological polar surface area (TPSA) is 51.5 Å². The van der Waals surface area contributed by atoms with Gasteiger partial charge >= 0.3 is 5.97 Å². The van der Waals surface area contributed by atoms with Crippen LogP contribution in [0.5, 0.6) is 5.75 Å². The number of rotatable bonds is 4. The van der Waals surface area contributed by atoms with E-state index in [9.17, 15) is 4.79 Å². The fourth-order valence-corrected chi connectivity index (χ4v) is 1.79. The van der Waals surface area contributed by atoms with Crippen LogP contribution in [-0.4, -0.2) is 22.8 Å². The quantitative estimate of drug-likeness (QED) is 0.856. The maximum atomic E-state index is 10.5. The number of methoxy groups -OCH3 is 1. The summed E-state index contributed by atoms with van der Waals surface area (Å²) in [6.45, 7) is 0.458. The number of aliphatic carboxylic acids is 1. The molecule has 1 aromatic heterocycles. The largest absolute Gasteiger partial charge is 0.495 e. The van der Waals surface area contributed by atoms with Gasteiger partial charge in [0.25, 0.3) is 0 Å². The lowest BCUT2D eigenvalue weighted by molar-refractivity contribution is -0.137. The van der Waals surface area contributed by atoms with Gasteiger partial charge < -0.3 is 14.4 Å². The summed E-state index contributed by atoms with van der Waals surface area (Å²) in [5, 5.41) is 9.73. The van der Waals surface area contributed by atoms with Crippen LogP contribution < -0.4 is 4.74 Å². The normalized spacial score (nSPS) is 10.6. The molecule has 0 aliphatic heterocycles. The van der Waals surface area contributed by atoms with Crippen molar-refractivity contribution in [2.45, 2.75) is 13.0 Å². The summed E-state index contributed by atoms with van der Waals surface area (Å²) in [5.74, 6) is -0.0235. The van der Waals surface area contributed by atoms with Crippen molar-refractivity contribution in [3.05, 3.63) is 30.5 Å². The number of hydrogen-bond donors (Lipinski definition) is 1. The Morgan fingerprint density at radius 3 is 2.94 bits per heavy atom. The molecule has 0 saturated carbocycles. The number of benzene rings is 1. The highest BCUT2D eigenvalue weighted by atomic mass is 16.5. The highest BCUT2D eigenvalue weighted by molar-refractivity contribution is 5.86. The number of fused-ring (bicyclic) bond motifs is 1. The van der Waals surface area contributed by atoms with E-state index in [4.69, 9.17) is 9.84 Å². The third-order valence-electron chi connectivity index (χ3n) is 2.54. The van der Waals surface area contributed by atoms with Crippen LogP contribution in [0.1, 0.15) is 6.42 Å². The number of carboxylic acids is 1. The van der Waals surface area contributed by atoms with E-state index >= 15 is 0 Å². The summed E-state index contributed by atoms with van der Waals surface area (Å²) < 4.78 is 7.17. The van der Waals surface area contributed by atoms with Crippen molar-refractivity contribution < 1.29 is 14.6 Å². The summed E-state index contributed by atoms with van der Waals surface area (Å²) in [5.41, 5.74) is 0.950. The SMILES string of the molecule is COc1cccc2ccn(CCC(=O)O)c12. The lowest BCUT2D eigenvalue weighted by atomic mass is 10.2. The van der Waals surface area contributed by atoms with E-state index in [1.807, 2.05) is 35.0 Å². The second-order valence-electron chi connectivity index (χ2n) is 3.55. The van der Waals surface area contributed by atoms with Crippen LogP contribution >= 0.6 is 0 Å². The molecule has 0 amide bonds. The molecule has 84 valence electrons. The average Bonchev–Trinajstić information content (AvgIpc) is 2.69. The molecule has 0 atom stereocenters. The lowest BCUT2D eigenvalue weighted by Crippen LogP contribution is -2.03. The summed E-state index contributed by atoms with van der Waals surface area (Å²) in [6.07, 6.45) is 2.00. The fraction of sp³-hybridized carbons (Fsp3) is 0.250. The van der Waals surface area contributed by atoms with Crippen LogP contribution in [0.4, 0.5) is 0 Å². The van der Waals surface area contributed by atoms with E-state index in [1.54, 1.807) is 7.11 Å². The first-order valence-corrected chi connectivity index (χ1v) is 5.06. The number of carbonyl (C=O) groups is 1. The molecule has 16 heavy (non-hydrogen) atoms. The molecule has 1 aromatic carbocycles. The summed E-state index contributed by atoms with van der Waals surface area (Å²) in [7, 11) is 1.61. The minimum Gasteiger partial charge on any atom is -0.495 e. The zero-order valence-corrected chi connectivity index (χ0v) is 9.01. The molecule has 4 heteroatoms. The van der Waals surface area contributed by atoms with Crippen molar-refractivity contribution >= 4 is 16.9 Å². The molecular formula is C12H13NO3. The van der Waals surface area contributed by atoms with Gasteiger partial charge in [0.05, 0.1) is 19.0 Å². The Labute approximate surface area is 93.1 Å². The summed E-state index contributed by atoms with van der Waals surface area (Å²) >= 11 is 0. The first-order valence-electron chi connectivity index (χ1n) is 5.06. The summed E-state index contributed by atoms with van der Waals surface area (Å²) in [4.78, 5) is 10.5. The molecule has 0 radical (unpaired) electrons. The second kappa shape index (κ2) is 4.26. The molecule has 2 aromatic rings. The van der Waals surface area contributed by atoms with Crippen molar-refractivity contribution in [2.75, 3.05) is 7.11 Å². The van der Waals surface area contributed by atoms with Gasteiger partial charge in [0.2, 0.25) is 0 Å². The molecule has 1 N–H and O–H groups in total. The molecule has 2 rings (SSSR count). The van der Waals surface area contributed by atoms with Crippen molar-refractivity contribution in [3.8, 4) is 5.75 Å². The first kappa shape index (κ1) is 10.5. The number of nitrogens with zero attached hydrogens (tertiary/aromatic N) is 1. The zero-order chi connectivity index (χ0) is 11.5. The number of aromatic nitrogens is 1. The van der Waals surface area contributed by atoms with Gasteiger partial charge in [0, 0.05) is 18.1 Å². The van der Waals surface area contributed by atoms with E-state index in [0.29, 0.717) is 6.54 Å². The van der Waals surface area contributed by atoms with Crippen LogP contribution in [0.25, 0.3) is 10.9 Å². The number of ether oxygens (including phenoxy) is 1. The Kier molecular flexibility index (Phi) is 2.81. The number of para-hydroxylation sites is 1. The van der Waals surface area contributed by atoms with Crippen LogP contribution in [0, 0.1) is 0 Å². The first-order chi connectivity index (χ1) is 7.72. The van der Waals surface area contributed by atoms with E-state index in [1.165, 1.54) is 0 Å². The lowest BCUT2D eigenvalue weighted by Gasteiger charge is -2.07. The molecule has 0 aliphatic carbocycles. The monoisotopic (exact) mass is 219 g/mol. The predicted molar refractivity (Wildman–Crippen MR) is 60.7 cm³/mol. The van der Waals surface area contributed by atoms with Gasteiger partial charge in [-0.3, -0.25) is 4.79 Å². The van der Waals surface area contributed by atoms with E-state index < -0.39 is 5.97 Å². The Morgan fingerprint density at radius 1 is 1.44 bits per heavy atom. The standard InChI is InChI=1S/C12H13NO3/c1-16-10-4-2-3-9-5-7-13(12(9)10)8-6-11(14)15/h2-5,7H,6,8H2,1H3,(H,14,15). The average molecular weight is 219 g/mol. The minimum atomic E-state index is -0.795. The molecule has 0 saturated heterocycles. The molecule has 0 fully saturated rings. The maximum Gasteiger partial charge on any atom is 0.305 e. The van der Waals surface area contributed by atoms with E-state index in [0.717, 1.165) is 16.7 Å². The maximum absolute atomic E-state index is 10.5. The summed E-state index contributed by atoms with van der Waals surface area (Å²) in [6, 6.07) is 7.73. The molecule has 0 spiro atoms. The molecule has 0 aliphatic rings. The van der Waals surface area contributed by atoms with Crippen molar-refractivity contribution in [1.29, 1.82) is 0 Å². The number of hydrogen-bond acceptors (Lipinski definition) is 2. The van der Waals surface area contributed by atoms with Gasteiger partial charge in [0.1, 0.15) is 5.75 Å². The molecule has 4 nitrogen and oxygen atoms in total. The smallest absolute Gasteiger partial charge is 0.305 e.